The number of hydrogen-bond donors (Lipinski definition) is 2. The van der Waals surface area contributed by atoms with Gasteiger partial charge < -0.3 is 5.11 Å². The zero-order chi connectivity index (χ0) is 10.1. The number of halogens is 1. The maximum atomic E-state index is 10.6. The lowest BCUT2D eigenvalue weighted by Crippen LogP contribution is -1.95. The summed E-state index contributed by atoms with van der Waals surface area (Å²) in [7, 11) is 0. The Bertz CT molecular complexity index is 477. The number of hydrogen-bond acceptors (Lipinski definition) is 3. The summed E-state index contributed by atoms with van der Waals surface area (Å²) in [5.74, 6) is -1.06. The molecule has 0 amide bonds. The Kier molecular flexibility index (Phi) is 2.26. The van der Waals surface area contributed by atoms with E-state index in [2.05, 4.69) is 10.2 Å². The Hall–Kier alpha value is -1.33. The van der Waals surface area contributed by atoms with Crippen molar-refractivity contribution in [1.82, 2.24) is 10.2 Å². The van der Waals surface area contributed by atoms with Crippen molar-refractivity contribution in [2.75, 3.05) is 0 Å². The number of rotatable bonds is 2. The summed E-state index contributed by atoms with van der Waals surface area (Å²) >= 11 is 7.31. The lowest BCUT2D eigenvalue weighted by molar-refractivity contribution is 0.0690. The van der Waals surface area contributed by atoms with Gasteiger partial charge in [0.25, 0.3) is 0 Å². The van der Waals surface area contributed by atoms with Gasteiger partial charge in [0.2, 0.25) is 0 Å². The minimum Gasteiger partial charge on any atom is -0.476 e. The third-order valence-corrected chi connectivity index (χ3v) is 3.03. The second-order valence-corrected chi connectivity index (χ2v) is 3.89. The second-order valence-electron chi connectivity index (χ2n) is 2.57. The van der Waals surface area contributed by atoms with Gasteiger partial charge in [-0.25, -0.2) is 4.79 Å². The minimum absolute atomic E-state index is 0.00975. The molecule has 2 N–H and O–H groups in total. The van der Waals surface area contributed by atoms with Crippen molar-refractivity contribution in [3.63, 3.8) is 0 Å². The second kappa shape index (κ2) is 3.43. The SMILES string of the molecule is O=C(O)c1cc(-c2sccc2Cl)[nH]n1. The van der Waals surface area contributed by atoms with E-state index in [1.807, 2.05) is 5.38 Å². The summed E-state index contributed by atoms with van der Waals surface area (Å²) in [5.41, 5.74) is 0.617. The Labute approximate surface area is 88.2 Å². The van der Waals surface area contributed by atoms with E-state index in [1.54, 1.807) is 6.07 Å². The molecule has 0 aromatic carbocycles. The highest BCUT2D eigenvalue weighted by Crippen LogP contribution is 2.31. The van der Waals surface area contributed by atoms with Gasteiger partial charge in [-0.3, -0.25) is 5.10 Å². The third-order valence-electron chi connectivity index (χ3n) is 1.66. The zero-order valence-corrected chi connectivity index (χ0v) is 8.39. The Morgan fingerprint density at radius 2 is 2.43 bits per heavy atom. The van der Waals surface area contributed by atoms with Crippen LogP contribution in [0.25, 0.3) is 10.6 Å². The molecule has 0 aliphatic rings. The largest absolute Gasteiger partial charge is 0.476 e. The van der Waals surface area contributed by atoms with E-state index in [0.29, 0.717) is 10.7 Å². The predicted octanol–water partition coefficient (Wildman–Crippen LogP) is 2.49. The van der Waals surface area contributed by atoms with Gasteiger partial charge in [-0.1, -0.05) is 11.6 Å². The van der Waals surface area contributed by atoms with Crippen LogP contribution in [0, 0.1) is 0 Å². The maximum absolute atomic E-state index is 10.6. The molecular formula is C8H5ClN2O2S. The van der Waals surface area contributed by atoms with E-state index >= 15 is 0 Å². The molecule has 0 aliphatic heterocycles. The number of H-pyrrole nitrogens is 1. The van der Waals surface area contributed by atoms with Crippen molar-refractivity contribution in [3.05, 3.63) is 28.2 Å². The van der Waals surface area contributed by atoms with E-state index in [1.165, 1.54) is 17.4 Å². The molecule has 0 saturated carbocycles. The van der Waals surface area contributed by atoms with E-state index in [9.17, 15) is 4.79 Å². The quantitative estimate of drug-likeness (QED) is 0.830. The lowest BCUT2D eigenvalue weighted by Gasteiger charge is -1.90. The van der Waals surface area contributed by atoms with Gasteiger partial charge >= 0.3 is 5.97 Å². The number of aromatic amines is 1. The number of nitrogens with zero attached hydrogens (tertiary/aromatic N) is 1. The number of nitrogens with one attached hydrogen (secondary N) is 1. The molecule has 0 atom stereocenters. The molecule has 4 nitrogen and oxygen atoms in total. The van der Waals surface area contributed by atoms with Gasteiger partial charge in [-0.05, 0) is 17.5 Å². The molecule has 6 heteroatoms. The minimum atomic E-state index is -1.06. The van der Waals surface area contributed by atoms with Crippen LogP contribution in [0.4, 0.5) is 0 Å². The Morgan fingerprint density at radius 3 is 2.93 bits per heavy atom. The van der Waals surface area contributed by atoms with Crippen LogP contribution in [-0.4, -0.2) is 21.3 Å². The molecular weight excluding hydrogens is 224 g/mol. The summed E-state index contributed by atoms with van der Waals surface area (Å²) in [5, 5.41) is 17.3. The molecule has 0 unspecified atom stereocenters. The number of thiophene rings is 1. The first kappa shape index (κ1) is 9.23. The molecule has 14 heavy (non-hydrogen) atoms. The fourth-order valence-electron chi connectivity index (χ4n) is 1.03. The van der Waals surface area contributed by atoms with Crippen molar-refractivity contribution >= 4 is 28.9 Å². The highest BCUT2D eigenvalue weighted by molar-refractivity contribution is 7.14. The van der Waals surface area contributed by atoms with Crippen LogP contribution in [0.1, 0.15) is 10.5 Å². The topological polar surface area (TPSA) is 66.0 Å². The first-order chi connectivity index (χ1) is 6.68. The fraction of sp³-hybridized carbons (Fsp3) is 0. The highest BCUT2D eigenvalue weighted by Gasteiger charge is 2.12. The van der Waals surface area contributed by atoms with Crippen LogP contribution < -0.4 is 0 Å². The van der Waals surface area contributed by atoms with E-state index < -0.39 is 5.97 Å². The van der Waals surface area contributed by atoms with Crippen LogP contribution in [0.5, 0.6) is 0 Å². The van der Waals surface area contributed by atoms with Crippen molar-refractivity contribution in [2.24, 2.45) is 0 Å². The van der Waals surface area contributed by atoms with Gasteiger partial charge in [0.05, 0.1) is 15.6 Å². The van der Waals surface area contributed by atoms with Crippen molar-refractivity contribution in [1.29, 1.82) is 0 Å². The molecule has 2 heterocycles. The number of carbonyl (C=O) groups is 1. The zero-order valence-electron chi connectivity index (χ0n) is 6.82. The van der Waals surface area contributed by atoms with E-state index in [-0.39, 0.29) is 5.69 Å². The number of carboxylic acids is 1. The summed E-state index contributed by atoms with van der Waals surface area (Å²) in [6.07, 6.45) is 0. The molecule has 0 fully saturated rings. The average molecular weight is 229 g/mol. The Morgan fingerprint density at radius 1 is 1.64 bits per heavy atom. The number of aromatic nitrogens is 2. The normalized spacial score (nSPS) is 10.4. The van der Waals surface area contributed by atoms with Crippen molar-refractivity contribution in [2.45, 2.75) is 0 Å². The highest BCUT2D eigenvalue weighted by atomic mass is 35.5. The standard InChI is InChI=1S/C8H5ClN2O2S/c9-4-1-2-14-7(4)5-3-6(8(12)13)11-10-5/h1-3H,(H,10,11)(H,12,13). The maximum Gasteiger partial charge on any atom is 0.356 e. The van der Waals surface area contributed by atoms with Gasteiger partial charge in [0, 0.05) is 0 Å². The summed E-state index contributed by atoms with van der Waals surface area (Å²) in [6, 6.07) is 3.21. The summed E-state index contributed by atoms with van der Waals surface area (Å²) < 4.78 is 0. The molecule has 2 aromatic rings. The third kappa shape index (κ3) is 1.51. The van der Waals surface area contributed by atoms with Gasteiger partial charge in [0.15, 0.2) is 5.69 Å². The number of aromatic carboxylic acids is 1. The molecule has 0 bridgehead atoms. The summed E-state index contributed by atoms with van der Waals surface area (Å²) in [6.45, 7) is 0. The van der Waals surface area contributed by atoms with Crippen LogP contribution in [0.3, 0.4) is 0 Å². The van der Waals surface area contributed by atoms with Crippen molar-refractivity contribution < 1.29 is 9.90 Å². The monoisotopic (exact) mass is 228 g/mol. The molecule has 0 aliphatic carbocycles. The molecule has 0 spiro atoms. The number of carboxylic acid groups (broad SMARTS) is 1. The van der Waals surface area contributed by atoms with E-state index in [4.69, 9.17) is 16.7 Å². The molecule has 72 valence electrons. The molecule has 2 aromatic heterocycles. The summed E-state index contributed by atoms with van der Waals surface area (Å²) in [4.78, 5) is 11.4. The molecule has 0 saturated heterocycles. The van der Waals surface area contributed by atoms with Crippen LogP contribution in [0.15, 0.2) is 17.5 Å². The smallest absolute Gasteiger partial charge is 0.356 e. The van der Waals surface area contributed by atoms with Gasteiger partial charge in [-0.15, -0.1) is 11.3 Å². The van der Waals surface area contributed by atoms with Crippen molar-refractivity contribution in [3.8, 4) is 10.6 Å². The lowest BCUT2D eigenvalue weighted by atomic mass is 10.3. The Balaban J connectivity index is 2.43. The first-order valence-electron chi connectivity index (χ1n) is 3.70. The van der Waals surface area contributed by atoms with Crippen LogP contribution in [0.2, 0.25) is 5.02 Å². The molecule has 2 rings (SSSR count). The van der Waals surface area contributed by atoms with Crippen LogP contribution in [-0.2, 0) is 0 Å². The molecule has 0 radical (unpaired) electrons. The first-order valence-corrected chi connectivity index (χ1v) is 4.96. The predicted molar refractivity (Wildman–Crippen MR) is 53.9 cm³/mol. The van der Waals surface area contributed by atoms with E-state index in [0.717, 1.165) is 4.88 Å². The van der Waals surface area contributed by atoms with Gasteiger partial charge in [-0.2, -0.15) is 5.10 Å². The fourth-order valence-corrected chi connectivity index (χ4v) is 2.16. The average Bonchev–Trinajstić information content (AvgIpc) is 2.71. The van der Waals surface area contributed by atoms with Gasteiger partial charge in [0.1, 0.15) is 0 Å². The van der Waals surface area contributed by atoms with Crippen LogP contribution >= 0.6 is 22.9 Å².